The van der Waals surface area contributed by atoms with Crippen molar-refractivity contribution in [1.82, 2.24) is 0 Å². The van der Waals surface area contributed by atoms with E-state index in [2.05, 4.69) is 0 Å². The van der Waals surface area contributed by atoms with Crippen molar-refractivity contribution in [2.45, 2.75) is 578 Å². The molecule has 2 aliphatic carbocycles. The van der Waals surface area contributed by atoms with Crippen LogP contribution >= 0.6 is 0 Å². The molecule has 0 amide bonds. The molecule has 0 N–H and O–H groups in total. The lowest BCUT2D eigenvalue weighted by atomic mass is 9.88. The molecule has 2 atom stereocenters. The molecule has 2 fully saturated rings. The summed E-state index contributed by atoms with van der Waals surface area (Å²) in [7, 11) is 0. The Morgan fingerprint density at radius 2 is 0.0978 bits per heavy atom. The predicted molar refractivity (Wildman–Crippen MR) is 423 cm³/mol. The van der Waals surface area contributed by atoms with Crippen molar-refractivity contribution >= 4 is 0 Å². The number of hydrogen-bond donors (Lipinski definition) is 0. The van der Waals surface area contributed by atoms with Crippen LogP contribution in [0.25, 0.3) is 0 Å². The maximum atomic E-state index is 1.54. The topological polar surface area (TPSA) is 0 Å². The summed E-state index contributed by atoms with van der Waals surface area (Å²) < 4.78 is 0. The molecule has 2 saturated carbocycles. The summed E-state index contributed by atoms with van der Waals surface area (Å²) in [6, 6.07) is 0. The fourth-order valence-electron chi connectivity index (χ4n) is 17.3. The quantitative estimate of drug-likeness (QED) is 0.227. The zero-order valence-electron chi connectivity index (χ0n) is 64.8. The Kier molecular flexibility index (Phi) is 76.6. The van der Waals surface area contributed by atoms with E-state index in [9.17, 15) is 0 Å². The molecule has 0 aromatic carbocycles. The second-order valence-corrected chi connectivity index (χ2v) is 33.2. The van der Waals surface area contributed by atoms with Crippen LogP contribution in [-0.2, 0) is 0 Å². The average molecular weight is 1290 g/mol. The summed E-state index contributed by atoms with van der Waals surface area (Å²) in [4.78, 5) is 0. The van der Waals surface area contributed by atoms with Crippen LogP contribution in [0.2, 0.25) is 0 Å². The molecule has 0 aliphatic heterocycles. The average Bonchev–Trinajstić information content (AvgIpc) is 3.64. The van der Waals surface area contributed by atoms with E-state index in [1.165, 1.54) is 539 Å². The van der Waals surface area contributed by atoms with Gasteiger partial charge in [-0.15, -0.1) is 0 Å². The van der Waals surface area contributed by atoms with E-state index in [0.717, 1.165) is 11.8 Å². The van der Waals surface area contributed by atoms with E-state index >= 15 is 0 Å². The van der Waals surface area contributed by atoms with Gasteiger partial charge in [0, 0.05) is 0 Å². The van der Waals surface area contributed by atoms with Crippen molar-refractivity contribution in [2.75, 3.05) is 0 Å². The van der Waals surface area contributed by atoms with Crippen molar-refractivity contribution in [1.29, 1.82) is 0 Å². The zero-order valence-corrected chi connectivity index (χ0v) is 64.8. The minimum atomic E-state index is 1.03. The highest BCUT2D eigenvalue weighted by Crippen LogP contribution is 2.29. The highest BCUT2D eigenvalue weighted by atomic mass is 14.2. The molecule has 2 bridgehead atoms. The van der Waals surface area contributed by atoms with Crippen molar-refractivity contribution in [3.8, 4) is 0 Å². The van der Waals surface area contributed by atoms with Crippen molar-refractivity contribution in [3.05, 3.63) is 0 Å². The normalized spacial score (nSPS) is 25.8. The number of rotatable bonds is 0. The molecule has 0 spiro atoms. The summed E-state index contributed by atoms with van der Waals surface area (Å²) in [6.07, 6.45) is 136. The molecule has 0 heteroatoms. The first kappa shape index (κ1) is 88.1. The van der Waals surface area contributed by atoms with Gasteiger partial charge in [0.25, 0.3) is 0 Å². The zero-order chi connectivity index (χ0) is 64.8. The third-order valence-corrected chi connectivity index (χ3v) is 23.9. The van der Waals surface area contributed by atoms with Gasteiger partial charge in [0.2, 0.25) is 0 Å². The molecular formula is C92H182. The SMILES string of the molecule is C1CCCCCCCCCCCCCCCCCCCCCCCCCCCCCCCCCCCCC2CCCCCCCCCCCC(CCCCCCCCCCCCCCCCCCCCCCCCCCCCCCCCCCC1)CCCCCCC2. The largest absolute Gasteiger partial charge is 0.0533 e. The van der Waals surface area contributed by atoms with Crippen molar-refractivity contribution < 1.29 is 0 Å². The molecule has 2 aliphatic rings. The van der Waals surface area contributed by atoms with Crippen LogP contribution < -0.4 is 0 Å². The van der Waals surface area contributed by atoms with Crippen LogP contribution in [0.3, 0.4) is 0 Å². The third-order valence-electron chi connectivity index (χ3n) is 23.9. The molecule has 0 aromatic heterocycles. The Bertz CT molecular complexity index is 1170. The first-order chi connectivity index (χ1) is 45.9. The monoisotopic (exact) mass is 1290 g/mol. The smallest absolute Gasteiger partial charge is 0.0414 e. The van der Waals surface area contributed by atoms with Crippen molar-refractivity contribution in [2.24, 2.45) is 11.8 Å². The fraction of sp³-hybridized carbons (Fsp3) is 1.00. The summed E-state index contributed by atoms with van der Waals surface area (Å²) in [5.41, 5.74) is 0. The second kappa shape index (κ2) is 80.0. The lowest BCUT2D eigenvalue weighted by Gasteiger charge is -2.18. The van der Waals surface area contributed by atoms with Crippen molar-refractivity contribution in [3.63, 3.8) is 0 Å². The highest BCUT2D eigenvalue weighted by Gasteiger charge is 2.12. The molecule has 0 heterocycles. The molecule has 0 saturated heterocycles. The van der Waals surface area contributed by atoms with Gasteiger partial charge in [-0.05, 0) is 11.8 Å². The molecule has 2 rings (SSSR count). The molecule has 0 nitrogen and oxygen atoms in total. The van der Waals surface area contributed by atoms with Gasteiger partial charge in [-0.3, -0.25) is 0 Å². The lowest BCUT2D eigenvalue weighted by molar-refractivity contribution is 0.353. The summed E-state index contributed by atoms with van der Waals surface area (Å²) in [5, 5.41) is 0. The van der Waals surface area contributed by atoms with Gasteiger partial charge in [0.15, 0.2) is 0 Å². The molecule has 2 unspecified atom stereocenters. The lowest BCUT2D eigenvalue weighted by Crippen LogP contribution is -2.03. The molecule has 0 aromatic rings. The Morgan fingerprint density at radius 3 is 0.152 bits per heavy atom. The maximum absolute atomic E-state index is 1.54. The molecule has 0 radical (unpaired) electrons. The van der Waals surface area contributed by atoms with E-state index in [1.807, 2.05) is 0 Å². The Labute approximate surface area is 586 Å². The first-order valence-corrected chi connectivity index (χ1v) is 45.9. The van der Waals surface area contributed by atoms with Crippen LogP contribution in [0.5, 0.6) is 0 Å². The van der Waals surface area contributed by atoms with E-state index in [4.69, 9.17) is 0 Å². The van der Waals surface area contributed by atoms with Crippen LogP contribution in [0.15, 0.2) is 0 Å². The fourth-order valence-corrected chi connectivity index (χ4v) is 17.3. The summed E-state index contributed by atoms with van der Waals surface area (Å²) in [5.74, 6) is 2.07. The van der Waals surface area contributed by atoms with Gasteiger partial charge < -0.3 is 0 Å². The number of fused-ring (bicyclic) bond motifs is 8. The molecule has 92 heavy (non-hydrogen) atoms. The first-order valence-electron chi connectivity index (χ1n) is 45.9. The van der Waals surface area contributed by atoms with Crippen LogP contribution in [0.4, 0.5) is 0 Å². The van der Waals surface area contributed by atoms with E-state index in [1.54, 1.807) is 38.5 Å². The van der Waals surface area contributed by atoms with Crippen LogP contribution in [0.1, 0.15) is 578 Å². The Hall–Kier alpha value is 0. The van der Waals surface area contributed by atoms with Gasteiger partial charge in [-0.25, -0.2) is 0 Å². The standard InChI is InChI=1S/C92H182/c1-2-4-6-8-10-12-14-16-18-20-22-24-26-28-30-32-34-36-38-40-42-44-46-48-50-52-54-56-58-60-62-65-69-74-80-86-92-88-82-76-71-67-63-66-70-75-81-87-91(89-83-77-72-78-84-90-92)85-79-73-68-64-61-59-57-55-53-51-49-47-45-43-41-39-37-35-33-31-29-27-25-23-21-19-17-15-13-11-9-7-5-3-1/h91-92H,1-90H2. The summed E-state index contributed by atoms with van der Waals surface area (Å²) in [6.45, 7) is 0. The van der Waals surface area contributed by atoms with E-state index in [-0.39, 0.29) is 0 Å². The van der Waals surface area contributed by atoms with Crippen LogP contribution in [0, 0.1) is 11.8 Å². The van der Waals surface area contributed by atoms with E-state index in [0.29, 0.717) is 0 Å². The third kappa shape index (κ3) is 72.7. The van der Waals surface area contributed by atoms with Gasteiger partial charge >= 0.3 is 0 Å². The van der Waals surface area contributed by atoms with Gasteiger partial charge in [-0.1, -0.05) is 578 Å². The highest BCUT2D eigenvalue weighted by molar-refractivity contribution is 4.66. The minimum absolute atomic E-state index is 1.03. The van der Waals surface area contributed by atoms with E-state index < -0.39 is 0 Å². The van der Waals surface area contributed by atoms with Crippen LogP contribution in [-0.4, -0.2) is 0 Å². The van der Waals surface area contributed by atoms with Gasteiger partial charge in [0.05, 0.1) is 0 Å². The predicted octanol–water partition coefficient (Wildman–Crippen LogP) is 35.4. The molecular weight excluding hydrogens is 1110 g/mol. The Balaban J connectivity index is 1.54. The molecule has 550 valence electrons. The van der Waals surface area contributed by atoms with Gasteiger partial charge in [-0.2, -0.15) is 0 Å². The minimum Gasteiger partial charge on any atom is -0.0533 e. The Morgan fingerprint density at radius 1 is 0.0543 bits per heavy atom. The van der Waals surface area contributed by atoms with Gasteiger partial charge in [0.1, 0.15) is 0 Å². The second-order valence-electron chi connectivity index (χ2n) is 33.2. The summed E-state index contributed by atoms with van der Waals surface area (Å²) >= 11 is 0. The maximum Gasteiger partial charge on any atom is -0.0414 e. The number of hydrogen-bond acceptors (Lipinski definition) is 0.